The van der Waals surface area contributed by atoms with Crippen LogP contribution in [0.1, 0.15) is 29.6 Å². The summed E-state index contributed by atoms with van der Waals surface area (Å²) >= 11 is 0. The number of aromatic nitrogens is 1. The molecule has 1 aromatic heterocycles. The Morgan fingerprint density at radius 2 is 1.65 bits per heavy atom. The number of carboxylic acid groups (broad SMARTS) is 1. The molecule has 0 atom stereocenters. The highest BCUT2D eigenvalue weighted by Gasteiger charge is 2.39. The molecule has 0 unspecified atom stereocenters. The number of hydrogen-bond acceptors (Lipinski definition) is 5. The first-order valence-electron chi connectivity index (χ1n) is 10.9. The van der Waals surface area contributed by atoms with E-state index in [1.807, 2.05) is 0 Å². The average Bonchev–Trinajstić information content (AvgIpc) is 2.81. The van der Waals surface area contributed by atoms with Gasteiger partial charge in [0.1, 0.15) is 23.0 Å². The molecule has 0 bridgehead atoms. The molecular formula is C24H21F3N2O5. The highest BCUT2D eigenvalue weighted by molar-refractivity contribution is 5.94. The van der Waals surface area contributed by atoms with Gasteiger partial charge in [-0.2, -0.15) is 0 Å². The summed E-state index contributed by atoms with van der Waals surface area (Å²) in [5, 5.41) is 9.24. The quantitative estimate of drug-likeness (QED) is 0.622. The SMILES string of the molecule is O=C(O)c1cn(-c2ccc(F)cc2F)c2cc(N3CCC4(CC3)OCCCO4)c(F)cc2c1=O. The van der Waals surface area contributed by atoms with Crippen LogP contribution in [0, 0.1) is 17.5 Å². The summed E-state index contributed by atoms with van der Waals surface area (Å²) in [4.78, 5) is 26.2. The van der Waals surface area contributed by atoms with Gasteiger partial charge >= 0.3 is 5.97 Å². The van der Waals surface area contributed by atoms with Gasteiger partial charge in [-0.25, -0.2) is 18.0 Å². The zero-order valence-electron chi connectivity index (χ0n) is 18.0. The number of fused-ring (bicyclic) bond motifs is 1. The maximum Gasteiger partial charge on any atom is 0.341 e. The molecule has 5 rings (SSSR count). The lowest BCUT2D eigenvalue weighted by molar-refractivity contribution is -0.275. The van der Waals surface area contributed by atoms with Gasteiger partial charge in [0.05, 0.1) is 30.1 Å². The molecule has 2 aliphatic rings. The van der Waals surface area contributed by atoms with E-state index in [-0.39, 0.29) is 22.3 Å². The van der Waals surface area contributed by atoms with E-state index in [2.05, 4.69) is 0 Å². The molecule has 0 radical (unpaired) electrons. The number of hydrogen-bond donors (Lipinski definition) is 1. The van der Waals surface area contributed by atoms with E-state index in [0.717, 1.165) is 35.4 Å². The van der Waals surface area contributed by atoms with Crippen molar-refractivity contribution in [2.24, 2.45) is 0 Å². The number of aromatic carboxylic acids is 1. The molecule has 0 amide bonds. The van der Waals surface area contributed by atoms with Gasteiger partial charge in [0.15, 0.2) is 5.79 Å². The number of halogens is 3. The van der Waals surface area contributed by atoms with Crippen molar-refractivity contribution in [1.82, 2.24) is 4.57 Å². The second kappa shape index (κ2) is 8.44. The number of benzene rings is 2. The average molecular weight is 474 g/mol. The van der Waals surface area contributed by atoms with Crippen molar-refractivity contribution in [2.45, 2.75) is 25.0 Å². The van der Waals surface area contributed by atoms with Crippen LogP contribution in [0.4, 0.5) is 18.9 Å². The Kier molecular flexibility index (Phi) is 5.57. The van der Waals surface area contributed by atoms with E-state index in [1.165, 1.54) is 6.07 Å². The van der Waals surface area contributed by atoms with Crippen molar-refractivity contribution in [2.75, 3.05) is 31.2 Å². The highest BCUT2D eigenvalue weighted by atomic mass is 19.1. The van der Waals surface area contributed by atoms with Crippen molar-refractivity contribution >= 4 is 22.6 Å². The van der Waals surface area contributed by atoms with Crippen molar-refractivity contribution < 1.29 is 32.5 Å². The lowest BCUT2D eigenvalue weighted by Crippen LogP contribution is -2.50. The standard InChI is InChI=1S/C24H21F3N2O5/c25-14-2-3-19(17(26)10-14)29-13-16(23(31)32)22(30)15-11-18(27)21(12-20(15)29)28-6-4-24(5-7-28)33-8-1-9-34-24/h2-3,10-13H,1,4-9H2,(H,31,32). The third kappa shape index (κ3) is 3.82. The zero-order valence-corrected chi connectivity index (χ0v) is 18.0. The zero-order chi connectivity index (χ0) is 24.0. The number of nitrogens with zero attached hydrogens (tertiary/aromatic N) is 2. The minimum Gasteiger partial charge on any atom is -0.477 e. The van der Waals surface area contributed by atoms with Crippen LogP contribution in [0.5, 0.6) is 0 Å². The number of piperidine rings is 1. The Morgan fingerprint density at radius 1 is 0.971 bits per heavy atom. The molecule has 1 N–H and O–H groups in total. The summed E-state index contributed by atoms with van der Waals surface area (Å²) in [6, 6.07) is 5.15. The van der Waals surface area contributed by atoms with Crippen LogP contribution < -0.4 is 10.3 Å². The van der Waals surface area contributed by atoms with Gasteiger partial charge in [0, 0.05) is 43.6 Å². The van der Waals surface area contributed by atoms with Crippen LogP contribution in [0.15, 0.2) is 41.3 Å². The van der Waals surface area contributed by atoms with Crippen LogP contribution in [-0.2, 0) is 9.47 Å². The van der Waals surface area contributed by atoms with Crippen LogP contribution in [0.25, 0.3) is 16.6 Å². The molecule has 178 valence electrons. The van der Waals surface area contributed by atoms with Gasteiger partial charge in [-0.15, -0.1) is 0 Å². The second-order valence-electron chi connectivity index (χ2n) is 8.41. The monoisotopic (exact) mass is 474 g/mol. The Morgan fingerprint density at radius 3 is 2.29 bits per heavy atom. The molecule has 0 aliphatic carbocycles. The molecule has 3 heterocycles. The first kappa shape index (κ1) is 22.4. The highest BCUT2D eigenvalue weighted by Crippen LogP contribution is 2.35. The number of pyridine rings is 1. The fourth-order valence-corrected chi connectivity index (χ4v) is 4.60. The van der Waals surface area contributed by atoms with Crippen LogP contribution >= 0.6 is 0 Å². The fraction of sp³-hybridized carbons (Fsp3) is 0.333. The Hall–Kier alpha value is -3.37. The van der Waals surface area contributed by atoms with Gasteiger partial charge in [-0.3, -0.25) is 4.79 Å². The summed E-state index contributed by atoms with van der Waals surface area (Å²) in [6.07, 6.45) is 2.82. The summed E-state index contributed by atoms with van der Waals surface area (Å²) in [5.41, 5.74) is -1.45. The molecule has 3 aromatic rings. The number of rotatable bonds is 3. The summed E-state index contributed by atoms with van der Waals surface area (Å²) < 4.78 is 56.1. The van der Waals surface area contributed by atoms with E-state index < -0.39 is 40.2 Å². The molecule has 2 aliphatic heterocycles. The van der Waals surface area contributed by atoms with E-state index >= 15 is 4.39 Å². The lowest BCUT2D eigenvalue weighted by Gasteiger charge is -2.44. The van der Waals surface area contributed by atoms with E-state index in [1.54, 1.807) is 4.90 Å². The normalized spacial score (nSPS) is 17.9. The lowest BCUT2D eigenvalue weighted by atomic mass is 10.0. The minimum atomic E-state index is -1.54. The molecule has 2 fully saturated rings. The first-order chi connectivity index (χ1) is 16.3. The van der Waals surface area contributed by atoms with Crippen molar-refractivity contribution in [1.29, 1.82) is 0 Å². The predicted molar refractivity (Wildman–Crippen MR) is 117 cm³/mol. The minimum absolute atomic E-state index is 0.0994. The van der Waals surface area contributed by atoms with E-state index in [4.69, 9.17) is 9.47 Å². The number of anilines is 1. The van der Waals surface area contributed by atoms with Crippen molar-refractivity contribution in [3.05, 3.63) is 69.8 Å². The summed E-state index contributed by atoms with van der Waals surface area (Å²) in [6.45, 7) is 2.05. The summed E-state index contributed by atoms with van der Waals surface area (Å²) in [7, 11) is 0. The number of carboxylic acids is 1. The third-order valence-corrected chi connectivity index (χ3v) is 6.36. The van der Waals surface area contributed by atoms with Gasteiger partial charge in [0.2, 0.25) is 5.43 Å². The Balaban J connectivity index is 1.63. The van der Waals surface area contributed by atoms with Gasteiger partial charge < -0.3 is 24.0 Å². The molecule has 0 saturated carbocycles. The van der Waals surface area contributed by atoms with Crippen LogP contribution in [0.3, 0.4) is 0 Å². The van der Waals surface area contributed by atoms with E-state index in [9.17, 15) is 23.5 Å². The second-order valence-corrected chi connectivity index (χ2v) is 8.41. The third-order valence-electron chi connectivity index (χ3n) is 6.36. The number of carbonyl (C=O) groups is 1. The molecule has 1 spiro atoms. The fourth-order valence-electron chi connectivity index (χ4n) is 4.60. The van der Waals surface area contributed by atoms with Gasteiger partial charge in [0.25, 0.3) is 0 Å². The molecule has 10 heteroatoms. The first-order valence-corrected chi connectivity index (χ1v) is 10.9. The number of ether oxygens (including phenoxy) is 2. The van der Waals surface area contributed by atoms with Crippen molar-refractivity contribution in [3.8, 4) is 5.69 Å². The van der Waals surface area contributed by atoms with Gasteiger partial charge in [-0.1, -0.05) is 0 Å². The molecule has 2 saturated heterocycles. The Bertz CT molecular complexity index is 1340. The van der Waals surface area contributed by atoms with Crippen molar-refractivity contribution in [3.63, 3.8) is 0 Å². The van der Waals surface area contributed by atoms with Crippen LogP contribution in [-0.4, -0.2) is 47.7 Å². The smallest absolute Gasteiger partial charge is 0.341 e. The molecule has 7 nitrogen and oxygen atoms in total. The maximum absolute atomic E-state index is 15.2. The summed E-state index contributed by atoms with van der Waals surface area (Å²) in [5.74, 6) is -4.70. The topological polar surface area (TPSA) is 81.0 Å². The molecule has 34 heavy (non-hydrogen) atoms. The molecule has 2 aromatic carbocycles. The molecular weight excluding hydrogens is 453 g/mol. The maximum atomic E-state index is 15.2. The van der Waals surface area contributed by atoms with Crippen LogP contribution in [0.2, 0.25) is 0 Å². The van der Waals surface area contributed by atoms with E-state index in [0.29, 0.717) is 45.2 Å². The van der Waals surface area contributed by atoms with Gasteiger partial charge in [-0.05, 0) is 30.7 Å². The predicted octanol–water partition coefficient (Wildman–Crippen LogP) is 3.84. The Labute approximate surface area is 191 Å². The largest absolute Gasteiger partial charge is 0.477 e.